The molecule has 0 aliphatic carbocycles. The summed E-state index contributed by atoms with van der Waals surface area (Å²) in [5.74, 6) is 0.0963. The van der Waals surface area contributed by atoms with Crippen LogP contribution in [0.4, 0.5) is 0 Å². The topological polar surface area (TPSA) is 41.1 Å². The summed E-state index contributed by atoms with van der Waals surface area (Å²) in [7, 11) is 1.89. The SMILES string of the molecule is CNC(C)CNC(=O)Cc1ccc(C)s1. The van der Waals surface area contributed by atoms with E-state index in [0.717, 1.165) is 4.88 Å². The molecule has 2 N–H and O–H groups in total. The number of hydrogen-bond acceptors (Lipinski definition) is 3. The van der Waals surface area contributed by atoms with Gasteiger partial charge in [-0.2, -0.15) is 0 Å². The Hall–Kier alpha value is -0.870. The van der Waals surface area contributed by atoms with E-state index in [2.05, 4.69) is 17.6 Å². The molecule has 1 amide bonds. The Morgan fingerprint density at radius 3 is 2.80 bits per heavy atom. The van der Waals surface area contributed by atoms with Gasteiger partial charge in [0.1, 0.15) is 0 Å². The third-order valence-corrected chi connectivity index (χ3v) is 3.23. The molecule has 0 aliphatic rings. The fourth-order valence-corrected chi connectivity index (χ4v) is 2.06. The summed E-state index contributed by atoms with van der Waals surface area (Å²) in [6.07, 6.45) is 0.495. The van der Waals surface area contributed by atoms with Crippen molar-refractivity contribution in [1.82, 2.24) is 10.6 Å². The number of likely N-dealkylation sites (N-methyl/N-ethyl adjacent to an activating group) is 1. The van der Waals surface area contributed by atoms with Crippen molar-refractivity contribution >= 4 is 17.2 Å². The Labute approximate surface area is 94.9 Å². The normalized spacial score (nSPS) is 12.5. The Morgan fingerprint density at radius 1 is 1.53 bits per heavy atom. The van der Waals surface area contributed by atoms with E-state index in [0.29, 0.717) is 19.0 Å². The van der Waals surface area contributed by atoms with Crippen LogP contribution in [0.3, 0.4) is 0 Å². The second-order valence-electron chi connectivity index (χ2n) is 3.68. The minimum absolute atomic E-state index is 0.0963. The van der Waals surface area contributed by atoms with Gasteiger partial charge in [-0.25, -0.2) is 0 Å². The van der Waals surface area contributed by atoms with E-state index >= 15 is 0 Å². The molecule has 3 nitrogen and oxygen atoms in total. The van der Waals surface area contributed by atoms with Crippen molar-refractivity contribution in [2.45, 2.75) is 26.3 Å². The van der Waals surface area contributed by atoms with E-state index < -0.39 is 0 Å². The summed E-state index contributed by atoms with van der Waals surface area (Å²) in [6, 6.07) is 4.38. The molecule has 84 valence electrons. The molecule has 0 saturated heterocycles. The second-order valence-corrected chi connectivity index (χ2v) is 5.06. The third-order valence-electron chi connectivity index (χ3n) is 2.23. The largest absolute Gasteiger partial charge is 0.354 e. The van der Waals surface area contributed by atoms with Gasteiger partial charge < -0.3 is 10.6 Å². The van der Waals surface area contributed by atoms with E-state index in [1.165, 1.54) is 4.88 Å². The number of rotatable bonds is 5. The van der Waals surface area contributed by atoms with Crippen molar-refractivity contribution in [3.05, 3.63) is 21.9 Å². The molecule has 0 fully saturated rings. The Bertz CT molecular complexity index is 322. The molecule has 1 unspecified atom stereocenters. The summed E-state index contributed by atoms with van der Waals surface area (Å²) >= 11 is 1.68. The number of amides is 1. The first-order valence-corrected chi connectivity index (χ1v) is 5.92. The number of nitrogens with one attached hydrogen (secondary N) is 2. The molecular formula is C11H18N2OS. The molecule has 1 heterocycles. The Kier molecular flexibility index (Phi) is 4.78. The van der Waals surface area contributed by atoms with Crippen LogP contribution in [0, 0.1) is 6.92 Å². The summed E-state index contributed by atoms with van der Waals surface area (Å²) < 4.78 is 0. The van der Waals surface area contributed by atoms with Gasteiger partial charge in [0.05, 0.1) is 6.42 Å². The minimum atomic E-state index is 0.0963. The molecule has 4 heteroatoms. The monoisotopic (exact) mass is 226 g/mol. The van der Waals surface area contributed by atoms with Crippen molar-refractivity contribution in [3.63, 3.8) is 0 Å². The number of thiophene rings is 1. The Balaban J connectivity index is 2.30. The van der Waals surface area contributed by atoms with E-state index in [1.54, 1.807) is 11.3 Å². The molecule has 1 atom stereocenters. The number of carbonyl (C=O) groups is 1. The number of hydrogen-bond donors (Lipinski definition) is 2. The number of aryl methyl sites for hydroxylation is 1. The molecular weight excluding hydrogens is 208 g/mol. The standard InChI is InChI=1S/C11H18N2OS/c1-8(12-3)7-13-11(14)6-10-5-4-9(2)15-10/h4-5,8,12H,6-7H2,1-3H3,(H,13,14). The van der Waals surface area contributed by atoms with Gasteiger partial charge in [-0.15, -0.1) is 11.3 Å². The van der Waals surface area contributed by atoms with Gasteiger partial charge >= 0.3 is 0 Å². The fourth-order valence-electron chi connectivity index (χ4n) is 1.17. The molecule has 1 aromatic rings. The van der Waals surface area contributed by atoms with E-state index in [4.69, 9.17) is 0 Å². The molecule has 1 rings (SSSR count). The maximum atomic E-state index is 11.5. The fraction of sp³-hybridized carbons (Fsp3) is 0.545. The Morgan fingerprint density at radius 2 is 2.27 bits per heavy atom. The van der Waals surface area contributed by atoms with E-state index in [1.807, 2.05) is 26.1 Å². The molecule has 0 radical (unpaired) electrons. The highest BCUT2D eigenvalue weighted by Crippen LogP contribution is 2.15. The predicted octanol–water partition coefficient (Wildman–Crippen LogP) is 1.32. The highest BCUT2D eigenvalue weighted by Gasteiger charge is 2.06. The lowest BCUT2D eigenvalue weighted by atomic mass is 10.3. The average molecular weight is 226 g/mol. The van der Waals surface area contributed by atoms with Crippen molar-refractivity contribution in [2.75, 3.05) is 13.6 Å². The molecule has 0 aliphatic heterocycles. The van der Waals surface area contributed by atoms with Gasteiger partial charge in [-0.05, 0) is 33.0 Å². The first kappa shape index (κ1) is 12.2. The van der Waals surface area contributed by atoms with Gasteiger partial charge in [-0.3, -0.25) is 4.79 Å². The first-order valence-electron chi connectivity index (χ1n) is 5.11. The van der Waals surface area contributed by atoms with E-state index in [9.17, 15) is 4.79 Å². The van der Waals surface area contributed by atoms with Gasteiger partial charge in [-0.1, -0.05) is 0 Å². The quantitative estimate of drug-likeness (QED) is 0.795. The van der Waals surface area contributed by atoms with Gasteiger partial charge in [0.2, 0.25) is 5.91 Å². The summed E-state index contributed by atoms with van der Waals surface area (Å²) in [5.41, 5.74) is 0. The lowest BCUT2D eigenvalue weighted by Crippen LogP contribution is -2.37. The molecule has 0 bridgehead atoms. The zero-order valence-corrected chi connectivity index (χ0v) is 10.3. The van der Waals surface area contributed by atoms with Crippen LogP contribution in [0.2, 0.25) is 0 Å². The third kappa shape index (κ3) is 4.44. The zero-order chi connectivity index (χ0) is 11.3. The molecule has 0 aromatic carbocycles. The van der Waals surface area contributed by atoms with Gasteiger partial charge in [0.15, 0.2) is 0 Å². The van der Waals surface area contributed by atoms with Crippen LogP contribution in [0.15, 0.2) is 12.1 Å². The molecule has 15 heavy (non-hydrogen) atoms. The van der Waals surface area contributed by atoms with Crippen LogP contribution in [0.5, 0.6) is 0 Å². The summed E-state index contributed by atoms with van der Waals surface area (Å²) in [6.45, 7) is 4.77. The second kappa shape index (κ2) is 5.88. The van der Waals surface area contributed by atoms with Crippen molar-refractivity contribution in [2.24, 2.45) is 0 Å². The van der Waals surface area contributed by atoms with Gasteiger partial charge in [0, 0.05) is 22.3 Å². The van der Waals surface area contributed by atoms with Crippen LogP contribution in [0.25, 0.3) is 0 Å². The van der Waals surface area contributed by atoms with Crippen molar-refractivity contribution < 1.29 is 4.79 Å². The van der Waals surface area contributed by atoms with Crippen LogP contribution in [-0.4, -0.2) is 25.5 Å². The summed E-state index contributed by atoms with van der Waals surface area (Å²) in [4.78, 5) is 13.9. The zero-order valence-electron chi connectivity index (χ0n) is 9.46. The highest BCUT2D eigenvalue weighted by atomic mass is 32.1. The van der Waals surface area contributed by atoms with Crippen molar-refractivity contribution in [3.8, 4) is 0 Å². The minimum Gasteiger partial charge on any atom is -0.354 e. The van der Waals surface area contributed by atoms with Gasteiger partial charge in [0.25, 0.3) is 0 Å². The van der Waals surface area contributed by atoms with Crippen LogP contribution in [-0.2, 0) is 11.2 Å². The van der Waals surface area contributed by atoms with Crippen LogP contribution < -0.4 is 10.6 Å². The average Bonchev–Trinajstić information content (AvgIpc) is 2.60. The smallest absolute Gasteiger partial charge is 0.225 e. The maximum absolute atomic E-state index is 11.5. The van der Waals surface area contributed by atoms with Crippen molar-refractivity contribution in [1.29, 1.82) is 0 Å². The molecule has 0 saturated carbocycles. The predicted molar refractivity (Wildman–Crippen MR) is 64.3 cm³/mol. The van der Waals surface area contributed by atoms with Crippen LogP contribution in [0.1, 0.15) is 16.7 Å². The maximum Gasteiger partial charge on any atom is 0.225 e. The highest BCUT2D eigenvalue weighted by molar-refractivity contribution is 7.12. The number of carbonyl (C=O) groups excluding carboxylic acids is 1. The van der Waals surface area contributed by atoms with Crippen LogP contribution >= 0.6 is 11.3 Å². The van der Waals surface area contributed by atoms with E-state index in [-0.39, 0.29) is 5.91 Å². The molecule has 1 aromatic heterocycles. The summed E-state index contributed by atoms with van der Waals surface area (Å²) in [5, 5.41) is 5.97. The lowest BCUT2D eigenvalue weighted by molar-refractivity contribution is -0.120. The molecule has 0 spiro atoms. The lowest BCUT2D eigenvalue weighted by Gasteiger charge is -2.10. The first-order chi connectivity index (χ1) is 7.11.